The number of aromatic nitrogens is 1. The zero-order valence-corrected chi connectivity index (χ0v) is 12.8. The highest BCUT2D eigenvalue weighted by atomic mass is 32.1. The topological polar surface area (TPSA) is 91.3 Å². The number of carboxylic acid groups (broad SMARTS) is 1. The van der Waals surface area contributed by atoms with E-state index in [1.54, 1.807) is 44.5 Å². The summed E-state index contributed by atoms with van der Waals surface area (Å²) in [4.78, 5) is 27.3. The van der Waals surface area contributed by atoms with Crippen molar-refractivity contribution in [1.82, 2.24) is 10.3 Å². The van der Waals surface area contributed by atoms with Crippen molar-refractivity contribution in [3.05, 3.63) is 23.7 Å². The number of anilines is 1. The van der Waals surface area contributed by atoms with Crippen molar-refractivity contribution in [2.45, 2.75) is 26.8 Å². The fraction of sp³-hybridized carbons (Fsp3) is 0.357. The highest BCUT2D eigenvalue weighted by Crippen LogP contribution is 2.22. The summed E-state index contributed by atoms with van der Waals surface area (Å²) in [6.45, 7) is 5.28. The molecule has 112 valence electrons. The van der Waals surface area contributed by atoms with Crippen LogP contribution in [0.3, 0.4) is 0 Å². The number of aliphatic carboxylic acids is 1. The van der Waals surface area contributed by atoms with Gasteiger partial charge in [-0.1, -0.05) is 20.8 Å². The first-order chi connectivity index (χ1) is 9.77. The summed E-state index contributed by atoms with van der Waals surface area (Å²) >= 11 is 1.47. The Kier molecular flexibility index (Phi) is 4.13. The molecule has 2 rings (SSSR count). The van der Waals surface area contributed by atoms with Crippen molar-refractivity contribution >= 4 is 39.2 Å². The Morgan fingerprint density at radius 3 is 2.67 bits per heavy atom. The van der Waals surface area contributed by atoms with Crippen molar-refractivity contribution in [3.8, 4) is 0 Å². The fourth-order valence-corrected chi connectivity index (χ4v) is 2.60. The summed E-state index contributed by atoms with van der Waals surface area (Å²) in [5, 5.41) is 14.3. The number of carboxylic acids is 1. The van der Waals surface area contributed by atoms with Crippen molar-refractivity contribution in [1.29, 1.82) is 0 Å². The summed E-state index contributed by atoms with van der Waals surface area (Å²) in [5.41, 5.74) is 2.62. The average molecular weight is 307 g/mol. The zero-order chi connectivity index (χ0) is 15.6. The Balaban J connectivity index is 2.08. The summed E-state index contributed by atoms with van der Waals surface area (Å²) in [5.74, 6) is -1.06. The van der Waals surface area contributed by atoms with Gasteiger partial charge in [-0.15, -0.1) is 11.3 Å². The molecule has 1 aromatic heterocycles. The minimum absolute atomic E-state index is 0.541. The number of thiazole rings is 1. The van der Waals surface area contributed by atoms with E-state index in [1.807, 2.05) is 0 Å². The first-order valence-electron chi connectivity index (χ1n) is 6.41. The van der Waals surface area contributed by atoms with Gasteiger partial charge in [-0.25, -0.2) is 14.6 Å². The first kappa shape index (κ1) is 15.2. The Morgan fingerprint density at radius 1 is 1.33 bits per heavy atom. The number of nitrogens with one attached hydrogen (secondary N) is 2. The number of carbonyl (C=O) groups excluding carboxylic acids is 1. The SMILES string of the molecule is CC(C)(C)C(NC(=O)Nc1ccc2ncsc2c1)C(=O)O. The van der Waals surface area contributed by atoms with Crippen LogP contribution in [0, 0.1) is 5.41 Å². The third kappa shape index (κ3) is 3.69. The molecule has 0 fully saturated rings. The van der Waals surface area contributed by atoms with Gasteiger partial charge in [0.15, 0.2) is 0 Å². The Bertz CT molecular complexity index is 675. The second-order valence-electron chi connectivity index (χ2n) is 5.77. The van der Waals surface area contributed by atoms with Gasteiger partial charge in [-0.05, 0) is 23.6 Å². The molecule has 0 saturated heterocycles. The Hall–Kier alpha value is -2.15. The molecule has 3 N–H and O–H groups in total. The molecule has 0 bridgehead atoms. The standard InChI is InChI=1S/C14H17N3O3S/c1-14(2,3)11(12(18)19)17-13(20)16-8-4-5-9-10(6-8)21-7-15-9/h4-7,11H,1-3H3,(H,18,19)(H2,16,17,20). The molecule has 2 aromatic rings. The molecule has 0 saturated carbocycles. The quantitative estimate of drug-likeness (QED) is 0.813. The van der Waals surface area contributed by atoms with E-state index in [9.17, 15) is 14.7 Å². The highest BCUT2D eigenvalue weighted by molar-refractivity contribution is 7.16. The van der Waals surface area contributed by atoms with E-state index in [-0.39, 0.29) is 0 Å². The van der Waals surface area contributed by atoms with Crippen molar-refractivity contribution in [2.75, 3.05) is 5.32 Å². The van der Waals surface area contributed by atoms with Gasteiger partial charge < -0.3 is 15.7 Å². The number of benzene rings is 1. The van der Waals surface area contributed by atoms with Crippen molar-refractivity contribution < 1.29 is 14.7 Å². The summed E-state index contributed by atoms with van der Waals surface area (Å²) in [7, 11) is 0. The maximum atomic E-state index is 12.0. The van der Waals surface area contributed by atoms with E-state index in [1.165, 1.54) is 11.3 Å². The Labute approximate surface area is 126 Å². The number of rotatable bonds is 3. The van der Waals surface area contributed by atoms with Crippen LogP contribution in [-0.2, 0) is 4.79 Å². The summed E-state index contributed by atoms with van der Waals surface area (Å²) < 4.78 is 0.957. The van der Waals surface area contributed by atoms with Crippen LogP contribution in [0.4, 0.5) is 10.5 Å². The van der Waals surface area contributed by atoms with Gasteiger partial charge in [-0.3, -0.25) is 0 Å². The van der Waals surface area contributed by atoms with Crippen LogP contribution in [0.1, 0.15) is 20.8 Å². The molecular weight excluding hydrogens is 290 g/mol. The number of fused-ring (bicyclic) bond motifs is 1. The van der Waals surface area contributed by atoms with Gasteiger partial charge in [0.25, 0.3) is 0 Å². The lowest BCUT2D eigenvalue weighted by Gasteiger charge is -2.27. The van der Waals surface area contributed by atoms with Gasteiger partial charge in [0.05, 0.1) is 15.7 Å². The predicted molar refractivity (Wildman–Crippen MR) is 82.7 cm³/mol. The summed E-state index contributed by atoms with van der Waals surface area (Å²) in [6.07, 6.45) is 0. The highest BCUT2D eigenvalue weighted by Gasteiger charge is 2.32. The largest absolute Gasteiger partial charge is 0.480 e. The van der Waals surface area contributed by atoms with Gasteiger partial charge >= 0.3 is 12.0 Å². The van der Waals surface area contributed by atoms with Gasteiger partial charge in [0, 0.05) is 5.69 Å². The molecule has 2 amide bonds. The zero-order valence-electron chi connectivity index (χ0n) is 12.0. The van der Waals surface area contributed by atoms with E-state index in [0.29, 0.717) is 5.69 Å². The molecule has 21 heavy (non-hydrogen) atoms. The second kappa shape index (κ2) is 5.69. The van der Waals surface area contributed by atoms with Gasteiger partial charge in [-0.2, -0.15) is 0 Å². The lowest BCUT2D eigenvalue weighted by Crippen LogP contribution is -2.50. The van der Waals surface area contributed by atoms with Gasteiger partial charge in [0.1, 0.15) is 6.04 Å². The summed E-state index contributed by atoms with van der Waals surface area (Å²) in [6, 6.07) is 3.83. The number of carbonyl (C=O) groups is 2. The van der Waals surface area contributed by atoms with Crippen LogP contribution in [0.15, 0.2) is 23.7 Å². The molecule has 0 aliphatic carbocycles. The fourth-order valence-electron chi connectivity index (χ4n) is 1.88. The van der Waals surface area contributed by atoms with Crippen LogP contribution in [0.5, 0.6) is 0 Å². The van der Waals surface area contributed by atoms with Crippen LogP contribution in [0.2, 0.25) is 0 Å². The van der Waals surface area contributed by atoms with Crippen LogP contribution >= 0.6 is 11.3 Å². The molecular formula is C14H17N3O3S. The number of hydrogen-bond acceptors (Lipinski definition) is 4. The monoisotopic (exact) mass is 307 g/mol. The first-order valence-corrected chi connectivity index (χ1v) is 7.29. The lowest BCUT2D eigenvalue weighted by molar-refractivity contribution is -0.141. The molecule has 7 heteroatoms. The van der Waals surface area contributed by atoms with Crippen LogP contribution < -0.4 is 10.6 Å². The molecule has 0 aliphatic rings. The molecule has 1 aromatic carbocycles. The maximum absolute atomic E-state index is 12.0. The van der Waals surface area contributed by atoms with Crippen LogP contribution in [-0.4, -0.2) is 28.1 Å². The van der Waals surface area contributed by atoms with E-state index in [2.05, 4.69) is 15.6 Å². The van der Waals surface area contributed by atoms with Crippen molar-refractivity contribution in [3.63, 3.8) is 0 Å². The number of urea groups is 1. The molecule has 1 heterocycles. The average Bonchev–Trinajstić information content (AvgIpc) is 2.81. The molecule has 1 unspecified atom stereocenters. The predicted octanol–water partition coefficient (Wildman–Crippen LogP) is 2.92. The third-order valence-electron chi connectivity index (χ3n) is 2.98. The van der Waals surface area contributed by atoms with Crippen LogP contribution in [0.25, 0.3) is 10.2 Å². The lowest BCUT2D eigenvalue weighted by atomic mass is 9.87. The van der Waals surface area contributed by atoms with E-state index in [0.717, 1.165) is 10.2 Å². The molecule has 0 aliphatic heterocycles. The van der Waals surface area contributed by atoms with E-state index in [4.69, 9.17) is 0 Å². The number of hydrogen-bond donors (Lipinski definition) is 3. The van der Waals surface area contributed by atoms with Crippen molar-refractivity contribution in [2.24, 2.45) is 5.41 Å². The molecule has 1 atom stereocenters. The second-order valence-corrected chi connectivity index (χ2v) is 6.66. The molecule has 6 nitrogen and oxygen atoms in total. The Morgan fingerprint density at radius 2 is 2.05 bits per heavy atom. The maximum Gasteiger partial charge on any atom is 0.326 e. The van der Waals surface area contributed by atoms with E-state index >= 15 is 0 Å². The third-order valence-corrected chi connectivity index (χ3v) is 3.77. The minimum Gasteiger partial charge on any atom is -0.480 e. The van der Waals surface area contributed by atoms with E-state index < -0.39 is 23.5 Å². The normalized spacial score (nSPS) is 12.9. The minimum atomic E-state index is -1.06. The van der Waals surface area contributed by atoms with Gasteiger partial charge in [0.2, 0.25) is 0 Å². The number of nitrogens with zero attached hydrogens (tertiary/aromatic N) is 1. The smallest absolute Gasteiger partial charge is 0.326 e. The number of amides is 2. The molecule has 0 spiro atoms. The molecule has 0 radical (unpaired) electrons.